The van der Waals surface area contributed by atoms with Crippen molar-refractivity contribution in [3.63, 3.8) is 0 Å². The van der Waals surface area contributed by atoms with Crippen molar-refractivity contribution in [2.45, 2.75) is 78.7 Å². The molecule has 2 atom stereocenters. The number of carbonyl (C=O) groups is 1. The summed E-state index contributed by atoms with van der Waals surface area (Å²) in [7, 11) is 0. The Morgan fingerprint density at radius 1 is 1.09 bits per heavy atom. The van der Waals surface area contributed by atoms with Gasteiger partial charge in [-0.15, -0.1) is 11.3 Å². The average Bonchev–Trinajstić information content (AvgIpc) is 3.42. The maximum atomic E-state index is 13.7. The zero-order valence-electron chi connectivity index (χ0n) is 26.0. The van der Waals surface area contributed by atoms with Crippen LogP contribution in [-0.4, -0.2) is 40.4 Å². The van der Waals surface area contributed by atoms with E-state index in [4.69, 9.17) is 4.98 Å². The highest BCUT2D eigenvalue weighted by Gasteiger charge is 2.30. The Morgan fingerprint density at radius 3 is 2.58 bits per heavy atom. The Kier molecular flexibility index (Phi) is 8.56. The Bertz CT molecular complexity index is 1660. The van der Waals surface area contributed by atoms with E-state index < -0.39 is 0 Å². The smallest absolute Gasteiger partial charge is 0.261 e. The third kappa shape index (κ3) is 6.78. The molecule has 6 rings (SSSR count). The van der Waals surface area contributed by atoms with Crippen molar-refractivity contribution in [3.05, 3.63) is 86.3 Å². The Balaban J connectivity index is 1.22. The molecule has 0 radical (unpaired) electrons. The Hall–Kier alpha value is -3.29. The molecule has 0 unspecified atom stereocenters. The maximum Gasteiger partial charge on any atom is 0.261 e. The lowest BCUT2D eigenvalue weighted by atomic mass is 9.71. The number of piperidine rings is 1. The van der Waals surface area contributed by atoms with E-state index in [1.54, 1.807) is 6.20 Å². The van der Waals surface area contributed by atoms with Crippen molar-refractivity contribution in [1.29, 1.82) is 0 Å². The summed E-state index contributed by atoms with van der Waals surface area (Å²) in [4.78, 5) is 37.6. The summed E-state index contributed by atoms with van der Waals surface area (Å²) in [6.07, 6.45) is 9.67. The summed E-state index contributed by atoms with van der Waals surface area (Å²) >= 11 is 1.51. The van der Waals surface area contributed by atoms with Gasteiger partial charge >= 0.3 is 0 Å². The lowest BCUT2D eigenvalue weighted by molar-refractivity contribution is 0.0934. The summed E-state index contributed by atoms with van der Waals surface area (Å²) < 4.78 is 0. The minimum Gasteiger partial charge on any atom is -0.344 e. The molecule has 0 spiro atoms. The first-order valence-electron chi connectivity index (χ1n) is 15.9. The van der Waals surface area contributed by atoms with Gasteiger partial charge in [-0.1, -0.05) is 51.5 Å². The minimum absolute atomic E-state index is 0.0301. The highest BCUT2D eigenvalue weighted by molar-refractivity contribution is 7.20. The van der Waals surface area contributed by atoms with Crippen LogP contribution in [-0.2, 0) is 12.8 Å². The van der Waals surface area contributed by atoms with E-state index in [0.717, 1.165) is 70.7 Å². The number of rotatable bonds is 7. The first-order chi connectivity index (χ1) is 20.6. The van der Waals surface area contributed by atoms with Gasteiger partial charge in [0.2, 0.25) is 0 Å². The molecule has 3 aromatic heterocycles. The zero-order valence-corrected chi connectivity index (χ0v) is 26.8. The van der Waals surface area contributed by atoms with E-state index in [2.05, 4.69) is 66.3 Å². The molecule has 1 fully saturated rings. The number of likely N-dealkylation sites (tertiary alicyclic amines) is 1. The number of amides is 1. The van der Waals surface area contributed by atoms with Gasteiger partial charge in [-0.05, 0) is 110 Å². The number of aryl methyl sites for hydroxylation is 2. The first-order valence-corrected chi connectivity index (χ1v) is 16.7. The molecule has 43 heavy (non-hydrogen) atoms. The number of nitrogens with one attached hydrogen (secondary N) is 2. The molecule has 226 valence electrons. The SMILES string of the molecule is Cc1cc(-c2ccc([C@@H](CCN3CCCCC3)NC(=O)c3cc4cc5c(nc4s3)CC[C@H](C(C)(C)C)C5)cc2)c[nH]c1=O. The molecule has 1 aliphatic heterocycles. The lowest BCUT2D eigenvalue weighted by Gasteiger charge is -2.34. The van der Waals surface area contributed by atoms with Gasteiger partial charge in [-0.3, -0.25) is 9.59 Å². The van der Waals surface area contributed by atoms with E-state index in [9.17, 15) is 9.59 Å². The van der Waals surface area contributed by atoms with Crippen LogP contribution >= 0.6 is 11.3 Å². The summed E-state index contributed by atoms with van der Waals surface area (Å²) in [5.41, 5.74) is 6.58. The van der Waals surface area contributed by atoms with Gasteiger partial charge in [0.25, 0.3) is 11.5 Å². The molecule has 2 aliphatic rings. The predicted octanol–water partition coefficient (Wildman–Crippen LogP) is 7.46. The van der Waals surface area contributed by atoms with Gasteiger partial charge in [0, 0.05) is 29.4 Å². The largest absolute Gasteiger partial charge is 0.344 e. The summed E-state index contributed by atoms with van der Waals surface area (Å²) in [5, 5.41) is 4.47. The van der Waals surface area contributed by atoms with E-state index >= 15 is 0 Å². The fourth-order valence-electron chi connectivity index (χ4n) is 6.69. The van der Waals surface area contributed by atoms with Gasteiger partial charge in [0.05, 0.1) is 10.9 Å². The highest BCUT2D eigenvalue weighted by Crippen LogP contribution is 2.38. The molecule has 4 heterocycles. The predicted molar refractivity (Wildman–Crippen MR) is 177 cm³/mol. The van der Waals surface area contributed by atoms with Crippen LogP contribution in [0.5, 0.6) is 0 Å². The molecule has 2 N–H and O–H groups in total. The van der Waals surface area contributed by atoms with Gasteiger partial charge in [0.1, 0.15) is 4.83 Å². The van der Waals surface area contributed by atoms with Crippen LogP contribution in [0.15, 0.2) is 53.5 Å². The molecule has 4 aromatic rings. The summed E-state index contributed by atoms with van der Waals surface area (Å²) in [5.74, 6) is 0.624. The third-order valence-corrected chi connectivity index (χ3v) is 10.6. The number of aromatic nitrogens is 2. The maximum absolute atomic E-state index is 13.7. The fraction of sp³-hybridized carbons (Fsp3) is 0.472. The number of nitrogens with zero attached hydrogens (tertiary/aromatic N) is 2. The number of pyridine rings is 2. The lowest BCUT2D eigenvalue weighted by Crippen LogP contribution is -2.35. The third-order valence-electron chi connectivity index (χ3n) is 9.54. The molecular weight excluding hydrogens is 552 g/mol. The number of aromatic amines is 1. The Labute approximate surface area is 258 Å². The van der Waals surface area contributed by atoms with Gasteiger partial charge in [-0.25, -0.2) is 4.98 Å². The number of hydrogen-bond acceptors (Lipinski definition) is 5. The van der Waals surface area contributed by atoms with Crippen LogP contribution in [0.1, 0.15) is 91.0 Å². The molecule has 1 saturated heterocycles. The van der Waals surface area contributed by atoms with Crippen LogP contribution in [0, 0.1) is 18.3 Å². The Morgan fingerprint density at radius 2 is 1.86 bits per heavy atom. The number of benzene rings is 1. The molecule has 7 heteroatoms. The van der Waals surface area contributed by atoms with Crippen LogP contribution in [0.4, 0.5) is 0 Å². The van der Waals surface area contributed by atoms with Crippen molar-refractivity contribution in [2.75, 3.05) is 19.6 Å². The van der Waals surface area contributed by atoms with Gasteiger partial charge in [0.15, 0.2) is 0 Å². The van der Waals surface area contributed by atoms with Crippen molar-refractivity contribution >= 4 is 27.5 Å². The standard InChI is InChI=1S/C36H44N4O2S/c1-23-18-28(22-37-33(23)41)24-8-10-25(11-9-24)31(14-17-40-15-6-5-7-16-40)38-34(42)32-21-27-19-26-20-29(36(2,3)4)12-13-30(26)39-35(27)43-32/h8-11,18-19,21-22,29,31H,5-7,12-17,20H2,1-4H3,(H,37,41)(H,38,42)/t29-,31+/m0/s1. The quantitative estimate of drug-likeness (QED) is 0.232. The van der Waals surface area contributed by atoms with Crippen molar-refractivity contribution in [1.82, 2.24) is 20.2 Å². The van der Waals surface area contributed by atoms with E-state index in [0.29, 0.717) is 11.5 Å². The second kappa shape index (κ2) is 12.4. The first kappa shape index (κ1) is 29.8. The molecule has 1 aromatic carbocycles. The highest BCUT2D eigenvalue weighted by atomic mass is 32.1. The van der Waals surface area contributed by atoms with E-state index in [-0.39, 0.29) is 22.9 Å². The van der Waals surface area contributed by atoms with Crippen molar-refractivity contribution in [3.8, 4) is 11.1 Å². The molecule has 1 aliphatic carbocycles. The number of fused-ring (bicyclic) bond motifs is 2. The number of hydrogen-bond donors (Lipinski definition) is 2. The average molecular weight is 597 g/mol. The topological polar surface area (TPSA) is 78.1 Å². The van der Waals surface area contributed by atoms with Crippen LogP contribution in [0.2, 0.25) is 0 Å². The molecule has 1 amide bonds. The second-order valence-electron chi connectivity index (χ2n) is 13.6. The van der Waals surface area contributed by atoms with Crippen LogP contribution in [0.3, 0.4) is 0 Å². The van der Waals surface area contributed by atoms with Gasteiger partial charge in [-0.2, -0.15) is 0 Å². The number of thiophene rings is 1. The fourth-order valence-corrected chi connectivity index (χ4v) is 7.63. The monoisotopic (exact) mass is 596 g/mol. The van der Waals surface area contributed by atoms with Gasteiger partial charge < -0.3 is 15.2 Å². The number of H-pyrrole nitrogens is 1. The zero-order chi connectivity index (χ0) is 30.1. The van der Waals surface area contributed by atoms with Crippen molar-refractivity contribution < 1.29 is 4.79 Å². The van der Waals surface area contributed by atoms with Crippen LogP contribution < -0.4 is 10.9 Å². The summed E-state index contributed by atoms with van der Waals surface area (Å²) in [6, 6.07) is 14.5. The van der Waals surface area contributed by atoms with E-state index in [1.807, 2.05) is 19.1 Å². The normalized spacial score (nSPS) is 18.4. The van der Waals surface area contributed by atoms with Crippen molar-refractivity contribution in [2.24, 2.45) is 11.3 Å². The second-order valence-corrected chi connectivity index (χ2v) is 14.7. The van der Waals surface area contributed by atoms with Crippen LogP contribution in [0.25, 0.3) is 21.3 Å². The summed E-state index contributed by atoms with van der Waals surface area (Å²) in [6.45, 7) is 12.1. The van der Waals surface area contributed by atoms with E-state index in [1.165, 1.54) is 48.3 Å². The number of carbonyl (C=O) groups excluding carboxylic acids is 1. The molecular formula is C36H44N4O2S. The molecule has 0 bridgehead atoms. The molecule has 0 saturated carbocycles. The molecule has 6 nitrogen and oxygen atoms in total. The minimum atomic E-state index is -0.0975.